The van der Waals surface area contributed by atoms with Crippen molar-refractivity contribution in [3.8, 4) is 11.8 Å². The third-order valence-electron chi connectivity index (χ3n) is 4.20. The van der Waals surface area contributed by atoms with Gasteiger partial charge in [-0.05, 0) is 55.5 Å². The van der Waals surface area contributed by atoms with Crippen molar-refractivity contribution in [2.24, 2.45) is 5.41 Å². The van der Waals surface area contributed by atoms with Crippen LogP contribution in [-0.2, 0) is 6.54 Å². The molecule has 1 heterocycles. The van der Waals surface area contributed by atoms with E-state index in [2.05, 4.69) is 30.6 Å². The fourth-order valence-corrected chi connectivity index (χ4v) is 2.82. The summed E-state index contributed by atoms with van der Waals surface area (Å²) in [5.74, 6) is 5.19. The standard InChI is InChI=1S/C18H24FNO/c1-18(2)8-4-10-20(11-9-18)14-16-6-7-17(19)13-15(16)5-3-12-21/h6-7,13,21H,4,8-12,14H2,1-2H3. The summed E-state index contributed by atoms with van der Waals surface area (Å²) < 4.78 is 13.4. The third-order valence-corrected chi connectivity index (χ3v) is 4.20. The predicted molar refractivity (Wildman–Crippen MR) is 83.3 cm³/mol. The van der Waals surface area contributed by atoms with E-state index in [1.807, 2.05) is 6.07 Å². The second kappa shape index (κ2) is 7.06. The molecule has 2 nitrogen and oxygen atoms in total. The maximum absolute atomic E-state index is 13.4. The fraction of sp³-hybridized carbons (Fsp3) is 0.556. The van der Waals surface area contributed by atoms with Gasteiger partial charge >= 0.3 is 0 Å². The van der Waals surface area contributed by atoms with E-state index in [0.717, 1.165) is 25.2 Å². The number of benzene rings is 1. The van der Waals surface area contributed by atoms with Gasteiger partial charge in [0.2, 0.25) is 0 Å². The van der Waals surface area contributed by atoms with E-state index < -0.39 is 0 Å². The minimum atomic E-state index is -0.280. The lowest BCUT2D eigenvalue weighted by Crippen LogP contribution is -2.25. The van der Waals surface area contributed by atoms with Gasteiger partial charge in [0.15, 0.2) is 0 Å². The molecule has 0 amide bonds. The first-order chi connectivity index (χ1) is 10.00. The topological polar surface area (TPSA) is 23.5 Å². The number of aliphatic hydroxyl groups excluding tert-OH is 1. The molecule has 1 N–H and O–H groups in total. The Kier molecular flexibility index (Phi) is 5.39. The molecule has 2 rings (SSSR count). The van der Waals surface area contributed by atoms with E-state index in [-0.39, 0.29) is 12.4 Å². The van der Waals surface area contributed by atoms with Gasteiger partial charge in [0.1, 0.15) is 12.4 Å². The van der Waals surface area contributed by atoms with Gasteiger partial charge in [0, 0.05) is 12.1 Å². The Morgan fingerprint density at radius 2 is 2.10 bits per heavy atom. The normalized spacial score (nSPS) is 18.7. The van der Waals surface area contributed by atoms with Crippen LogP contribution in [0.4, 0.5) is 4.39 Å². The Bertz CT molecular complexity index is 542. The summed E-state index contributed by atoms with van der Waals surface area (Å²) in [5.41, 5.74) is 2.14. The molecule has 1 aliphatic heterocycles. The molecule has 1 saturated heterocycles. The molecule has 0 unspecified atom stereocenters. The van der Waals surface area contributed by atoms with Crippen LogP contribution in [0.2, 0.25) is 0 Å². The van der Waals surface area contributed by atoms with Crippen LogP contribution in [0.5, 0.6) is 0 Å². The van der Waals surface area contributed by atoms with Crippen LogP contribution in [-0.4, -0.2) is 29.7 Å². The summed E-state index contributed by atoms with van der Waals surface area (Å²) >= 11 is 0. The van der Waals surface area contributed by atoms with Gasteiger partial charge in [0.25, 0.3) is 0 Å². The number of rotatable bonds is 2. The van der Waals surface area contributed by atoms with Crippen LogP contribution in [0, 0.1) is 23.1 Å². The van der Waals surface area contributed by atoms with Gasteiger partial charge in [0.05, 0.1) is 0 Å². The Labute approximate surface area is 127 Å². The monoisotopic (exact) mass is 289 g/mol. The summed E-state index contributed by atoms with van der Waals surface area (Å²) in [6.45, 7) is 7.39. The van der Waals surface area contributed by atoms with Crippen molar-refractivity contribution in [2.45, 2.75) is 39.7 Å². The van der Waals surface area contributed by atoms with Gasteiger partial charge in [-0.25, -0.2) is 4.39 Å². The molecular weight excluding hydrogens is 265 g/mol. The van der Waals surface area contributed by atoms with Crippen LogP contribution in [0.15, 0.2) is 18.2 Å². The Balaban J connectivity index is 2.12. The Morgan fingerprint density at radius 3 is 2.86 bits per heavy atom. The van der Waals surface area contributed by atoms with Crippen molar-refractivity contribution in [3.05, 3.63) is 35.1 Å². The van der Waals surface area contributed by atoms with Crippen LogP contribution in [0.25, 0.3) is 0 Å². The van der Waals surface area contributed by atoms with Crippen molar-refractivity contribution in [3.63, 3.8) is 0 Å². The molecule has 1 fully saturated rings. The average Bonchev–Trinajstić information content (AvgIpc) is 2.60. The number of aliphatic hydroxyl groups is 1. The van der Waals surface area contributed by atoms with Crippen LogP contribution in [0.1, 0.15) is 44.2 Å². The number of hydrogen-bond donors (Lipinski definition) is 1. The maximum atomic E-state index is 13.4. The fourth-order valence-electron chi connectivity index (χ4n) is 2.82. The van der Waals surface area contributed by atoms with Crippen molar-refractivity contribution < 1.29 is 9.50 Å². The van der Waals surface area contributed by atoms with Crippen LogP contribution >= 0.6 is 0 Å². The second-order valence-corrected chi connectivity index (χ2v) is 6.56. The molecule has 1 aromatic carbocycles. The van der Waals surface area contributed by atoms with Gasteiger partial charge in [-0.3, -0.25) is 4.90 Å². The molecule has 0 bridgehead atoms. The molecule has 114 valence electrons. The highest BCUT2D eigenvalue weighted by Crippen LogP contribution is 2.30. The highest BCUT2D eigenvalue weighted by atomic mass is 19.1. The van der Waals surface area contributed by atoms with Crippen LogP contribution in [0.3, 0.4) is 0 Å². The SMILES string of the molecule is CC1(C)CCCN(Cc2ccc(F)cc2C#CCO)CC1. The first kappa shape index (κ1) is 16.0. The molecule has 0 atom stereocenters. The maximum Gasteiger partial charge on any atom is 0.124 e. The lowest BCUT2D eigenvalue weighted by atomic mass is 9.85. The van der Waals surface area contributed by atoms with Crippen molar-refractivity contribution >= 4 is 0 Å². The summed E-state index contributed by atoms with van der Waals surface area (Å²) in [6, 6.07) is 4.76. The molecule has 0 radical (unpaired) electrons. The summed E-state index contributed by atoms with van der Waals surface area (Å²) in [7, 11) is 0. The average molecular weight is 289 g/mol. The van der Waals surface area contributed by atoms with Gasteiger partial charge in [-0.1, -0.05) is 31.8 Å². The smallest absolute Gasteiger partial charge is 0.124 e. The van der Waals surface area contributed by atoms with Gasteiger partial charge < -0.3 is 5.11 Å². The summed E-state index contributed by atoms with van der Waals surface area (Å²) in [5, 5.41) is 8.83. The largest absolute Gasteiger partial charge is 0.384 e. The molecule has 3 heteroatoms. The van der Waals surface area contributed by atoms with Gasteiger partial charge in [-0.2, -0.15) is 0 Å². The predicted octanol–water partition coefficient (Wildman–Crippen LogP) is 3.18. The van der Waals surface area contributed by atoms with E-state index >= 15 is 0 Å². The zero-order chi connectivity index (χ0) is 15.3. The van der Waals surface area contributed by atoms with Crippen molar-refractivity contribution in [1.82, 2.24) is 4.90 Å². The molecule has 0 aliphatic carbocycles. The zero-order valence-electron chi connectivity index (χ0n) is 13.0. The molecule has 21 heavy (non-hydrogen) atoms. The Hall–Kier alpha value is -1.37. The van der Waals surface area contributed by atoms with E-state index in [0.29, 0.717) is 11.0 Å². The lowest BCUT2D eigenvalue weighted by molar-refractivity contribution is 0.255. The zero-order valence-corrected chi connectivity index (χ0v) is 13.0. The molecular formula is C18H24FNO. The number of hydrogen-bond acceptors (Lipinski definition) is 2. The summed E-state index contributed by atoms with van der Waals surface area (Å²) in [6.07, 6.45) is 3.64. The van der Waals surface area contributed by atoms with Crippen LogP contribution < -0.4 is 0 Å². The second-order valence-electron chi connectivity index (χ2n) is 6.56. The van der Waals surface area contributed by atoms with E-state index in [1.54, 1.807) is 0 Å². The number of halogens is 1. The van der Waals surface area contributed by atoms with Crippen molar-refractivity contribution in [2.75, 3.05) is 19.7 Å². The first-order valence-corrected chi connectivity index (χ1v) is 7.61. The minimum absolute atomic E-state index is 0.201. The first-order valence-electron chi connectivity index (χ1n) is 7.61. The quantitative estimate of drug-likeness (QED) is 0.845. The summed E-state index contributed by atoms with van der Waals surface area (Å²) in [4.78, 5) is 2.42. The molecule has 0 saturated carbocycles. The van der Waals surface area contributed by atoms with E-state index in [4.69, 9.17) is 5.11 Å². The number of likely N-dealkylation sites (tertiary alicyclic amines) is 1. The lowest BCUT2D eigenvalue weighted by Gasteiger charge is -2.23. The highest BCUT2D eigenvalue weighted by Gasteiger charge is 2.23. The molecule has 1 aliphatic rings. The van der Waals surface area contributed by atoms with Gasteiger partial charge in [-0.15, -0.1) is 0 Å². The molecule has 0 spiro atoms. The minimum Gasteiger partial charge on any atom is -0.384 e. The Morgan fingerprint density at radius 1 is 1.29 bits per heavy atom. The van der Waals surface area contributed by atoms with E-state index in [1.165, 1.54) is 31.4 Å². The molecule has 1 aromatic rings. The number of nitrogens with zero attached hydrogens (tertiary/aromatic N) is 1. The molecule has 0 aromatic heterocycles. The highest BCUT2D eigenvalue weighted by molar-refractivity contribution is 5.41. The van der Waals surface area contributed by atoms with Crippen molar-refractivity contribution in [1.29, 1.82) is 0 Å². The third kappa shape index (κ3) is 4.84. The van der Waals surface area contributed by atoms with E-state index in [9.17, 15) is 4.39 Å².